The van der Waals surface area contributed by atoms with Gasteiger partial charge in [-0.25, -0.2) is 0 Å². The summed E-state index contributed by atoms with van der Waals surface area (Å²) in [6.07, 6.45) is -9.51. The van der Waals surface area contributed by atoms with Crippen molar-refractivity contribution in [2.75, 3.05) is 21.2 Å². The van der Waals surface area contributed by atoms with Gasteiger partial charge in [-0.3, -0.25) is 4.79 Å². The van der Waals surface area contributed by atoms with E-state index in [4.69, 9.17) is 28.4 Å². The summed E-state index contributed by atoms with van der Waals surface area (Å²) in [6, 6.07) is -0.322. The second kappa shape index (κ2) is 17.5. The van der Waals surface area contributed by atoms with Gasteiger partial charge in [0.2, 0.25) is 0 Å². The number of hydrogen-bond acceptors (Lipinski definition) is 15. The normalized spacial score (nSPS) is 49.8. The van der Waals surface area contributed by atoms with Gasteiger partial charge in [0.15, 0.2) is 12.6 Å². The Hall–Kier alpha value is -1.50. The van der Waals surface area contributed by atoms with Gasteiger partial charge in [-0.1, -0.05) is 32.9 Å². The van der Waals surface area contributed by atoms with E-state index >= 15 is 0 Å². The van der Waals surface area contributed by atoms with Crippen LogP contribution in [0, 0.1) is 23.7 Å². The third kappa shape index (κ3) is 9.47. The third-order valence-corrected chi connectivity index (χ3v) is 12.0. The molecule has 0 aromatic carbocycles. The number of aliphatic hydroxyl groups excluding tert-OH is 3. The molecule has 3 aliphatic heterocycles. The number of oxime groups is 1. The van der Waals surface area contributed by atoms with Crippen LogP contribution in [0.3, 0.4) is 0 Å². The van der Waals surface area contributed by atoms with E-state index in [0.717, 1.165) is 0 Å². The lowest BCUT2D eigenvalue weighted by Crippen LogP contribution is -2.61. The molecule has 3 fully saturated rings. The van der Waals surface area contributed by atoms with Crippen LogP contribution in [0.25, 0.3) is 0 Å². The summed E-state index contributed by atoms with van der Waals surface area (Å²) in [6.45, 7) is 16.6. The highest BCUT2D eigenvalue weighted by molar-refractivity contribution is 5.88. The zero-order chi connectivity index (χ0) is 39.7. The summed E-state index contributed by atoms with van der Waals surface area (Å²) in [7, 11) is 5.19. The molecule has 6 N–H and O–H groups in total. The van der Waals surface area contributed by atoms with Gasteiger partial charge in [-0.15, -0.1) is 0 Å². The van der Waals surface area contributed by atoms with Crippen molar-refractivity contribution in [2.24, 2.45) is 28.8 Å². The van der Waals surface area contributed by atoms with Crippen LogP contribution in [0.5, 0.6) is 0 Å². The maximum atomic E-state index is 14.1. The molecule has 0 radical (unpaired) electrons. The third-order valence-electron chi connectivity index (χ3n) is 12.0. The summed E-state index contributed by atoms with van der Waals surface area (Å²) in [5, 5.41) is 71.8. The molecule has 0 spiro atoms. The first kappa shape index (κ1) is 44.9. The number of likely N-dealkylation sites (N-methyl/N-ethyl adjacent to an activating group) is 1. The van der Waals surface area contributed by atoms with Gasteiger partial charge in [0.25, 0.3) is 0 Å². The molecule has 3 aliphatic rings. The molecular formula is C37H68N2O13. The van der Waals surface area contributed by atoms with Gasteiger partial charge in [0, 0.05) is 37.3 Å². The minimum atomic E-state index is -1.97. The Bertz CT molecular complexity index is 1200. The number of aliphatic hydroxyl groups is 5. The monoisotopic (exact) mass is 748 g/mol. The van der Waals surface area contributed by atoms with Gasteiger partial charge < -0.3 is 64.1 Å². The lowest BCUT2D eigenvalue weighted by atomic mass is 9.73. The lowest BCUT2D eigenvalue weighted by molar-refractivity contribution is -0.317. The number of esters is 1. The number of cyclic esters (lactones) is 1. The highest BCUT2D eigenvalue weighted by Crippen LogP contribution is 2.41. The number of rotatable bonds is 7. The Labute approximate surface area is 309 Å². The van der Waals surface area contributed by atoms with Crippen LogP contribution >= 0.6 is 0 Å². The molecule has 52 heavy (non-hydrogen) atoms. The fourth-order valence-corrected chi connectivity index (χ4v) is 8.61. The number of carbonyl (C=O) groups excluding carboxylic acids is 1. The smallest absolute Gasteiger partial charge is 0.311 e. The molecule has 15 heteroatoms. The quantitative estimate of drug-likeness (QED) is 0.125. The molecule has 0 bridgehead atoms. The summed E-state index contributed by atoms with van der Waals surface area (Å²) in [5.41, 5.74) is -4.68. The SMILES string of the molecule is CC[C@@H]1OC(=O)[C@H](C)[C@H](O[C@H]2CC(C)(OC)[C@@H](O)C(C)O2)[C@@H](C)[C@H](O[C@@H]2OC(C)CC(N(C)C)C2O)[C@](C)(O)C[C@H](C)/C(=N\O)[C@H](C)[C@@H](O)C1(C)O. The van der Waals surface area contributed by atoms with E-state index in [1.807, 2.05) is 25.9 Å². The zero-order valence-corrected chi connectivity index (χ0v) is 33.4. The van der Waals surface area contributed by atoms with Crippen molar-refractivity contribution >= 4 is 11.7 Å². The number of methoxy groups -OCH3 is 1. The number of hydrogen-bond donors (Lipinski definition) is 6. The van der Waals surface area contributed by atoms with Gasteiger partial charge >= 0.3 is 5.97 Å². The minimum Gasteiger partial charge on any atom is -0.459 e. The second-order valence-electron chi connectivity index (χ2n) is 16.6. The molecule has 3 rings (SSSR count). The molecule has 6 unspecified atom stereocenters. The highest BCUT2D eigenvalue weighted by Gasteiger charge is 2.53. The molecule has 304 valence electrons. The Morgan fingerprint density at radius 2 is 1.54 bits per heavy atom. The van der Waals surface area contributed by atoms with E-state index in [0.29, 0.717) is 6.42 Å². The zero-order valence-electron chi connectivity index (χ0n) is 33.4. The molecular weight excluding hydrogens is 680 g/mol. The Morgan fingerprint density at radius 1 is 0.923 bits per heavy atom. The fourth-order valence-electron chi connectivity index (χ4n) is 8.61. The predicted molar refractivity (Wildman–Crippen MR) is 190 cm³/mol. The standard InChI is InChI=1S/C37H68N2O13/c1-14-25-37(10,45)30(41)20(4)27(38-46)18(2)16-35(8,44)32(52-34-28(40)24(39(11)12)15-19(3)48-34)21(5)29(22(6)33(43)50-25)51-26-17-36(9,47-13)31(42)23(7)49-26/h18-26,28-32,34,40-42,44-46H,14-17H2,1-13H3/b38-27+/t18-,19?,20-,21+,22+,23?,24?,25-,26-,28?,29+,30+,31-,32-,34-,35+,36?,37?/m0/s1. The molecule has 0 aliphatic carbocycles. The van der Waals surface area contributed by atoms with Crippen LogP contribution in [0.2, 0.25) is 0 Å². The van der Waals surface area contributed by atoms with Crippen molar-refractivity contribution < 1.29 is 64.0 Å². The van der Waals surface area contributed by atoms with Crippen LogP contribution in [-0.2, 0) is 33.2 Å². The molecule has 3 heterocycles. The molecule has 18 atom stereocenters. The summed E-state index contributed by atoms with van der Waals surface area (Å²) >= 11 is 0. The average Bonchev–Trinajstić information content (AvgIpc) is 3.06. The maximum Gasteiger partial charge on any atom is 0.311 e. The van der Waals surface area contributed by atoms with Crippen molar-refractivity contribution in [3.8, 4) is 0 Å². The van der Waals surface area contributed by atoms with Crippen molar-refractivity contribution in [1.29, 1.82) is 0 Å². The Morgan fingerprint density at radius 3 is 2.08 bits per heavy atom. The first-order valence-corrected chi connectivity index (χ1v) is 18.7. The van der Waals surface area contributed by atoms with E-state index in [1.54, 1.807) is 55.4 Å². The first-order chi connectivity index (χ1) is 24.0. The van der Waals surface area contributed by atoms with Crippen molar-refractivity contribution in [1.82, 2.24) is 4.90 Å². The van der Waals surface area contributed by atoms with Crippen molar-refractivity contribution in [3.05, 3.63) is 0 Å². The Kier molecular flexibility index (Phi) is 15.1. The highest BCUT2D eigenvalue weighted by atomic mass is 16.7. The molecule has 0 amide bonds. The molecule has 0 saturated carbocycles. The van der Waals surface area contributed by atoms with Crippen LogP contribution in [0.15, 0.2) is 5.16 Å². The largest absolute Gasteiger partial charge is 0.459 e. The molecule has 3 saturated heterocycles. The number of carbonyl (C=O) groups is 1. The van der Waals surface area contributed by atoms with E-state index in [1.165, 1.54) is 14.0 Å². The molecule has 0 aromatic rings. The second-order valence-corrected chi connectivity index (χ2v) is 16.6. The summed E-state index contributed by atoms with van der Waals surface area (Å²) in [5.74, 6) is -4.24. The molecule has 15 nitrogen and oxygen atoms in total. The topological polar surface area (TPSA) is 209 Å². The lowest BCUT2D eigenvalue weighted by Gasteiger charge is -2.49. The van der Waals surface area contributed by atoms with Crippen LogP contribution < -0.4 is 0 Å². The van der Waals surface area contributed by atoms with Gasteiger partial charge in [0.05, 0.1) is 53.4 Å². The number of ether oxygens (including phenoxy) is 6. The van der Waals surface area contributed by atoms with Crippen molar-refractivity contribution in [3.63, 3.8) is 0 Å². The number of nitrogens with zero attached hydrogens (tertiary/aromatic N) is 2. The van der Waals surface area contributed by atoms with E-state index in [-0.39, 0.29) is 37.1 Å². The predicted octanol–water partition coefficient (Wildman–Crippen LogP) is 2.05. The van der Waals surface area contributed by atoms with E-state index < -0.39 is 102 Å². The van der Waals surface area contributed by atoms with E-state index in [9.17, 15) is 35.5 Å². The average molecular weight is 749 g/mol. The first-order valence-electron chi connectivity index (χ1n) is 18.7. The van der Waals surface area contributed by atoms with E-state index in [2.05, 4.69) is 5.16 Å². The fraction of sp³-hybridized carbons (Fsp3) is 0.946. The Balaban J connectivity index is 2.21. The summed E-state index contributed by atoms with van der Waals surface area (Å²) < 4.78 is 37.2. The summed E-state index contributed by atoms with van der Waals surface area (Å²) in [4.78, 5) is 16.0. The van der Waals surface area contributed by atoms with Gasteiger partial charge in [-0.05, 0) is 74.9 Å². The van der Waals surface area contributed by atoms with Crippen LogP contribution in [0.1, 0.15) is 94.9 Å². The molecule has 0 aromatic heterocycles. The van der Waals surface area contributed by atoms with Crippen molar-refractivity contribution in [2.45, 2.75) is 179 Å². The minimum absolute atomic E-state index is 0.0657. The van der Waals surface area contributed by atoms with Crippen LogP contribution in [-0.4, -0.2) is 153 Å². The van der Waals surface area contributed by atoms with Crippen LogP contribution in [0.4, 0.5) is 0 Å². The van der Waals surface area contributed by atoms with Gasteiger partial charge in [0.1, 0.15) is 23.9 Å². The maximum absolute atomic E-state index is 14.1. The van der Waals surface area contributed by atoms with Gasteiger partial charge in [-0.2, -0.15) is 0 Å².